The van der Waals surface area contributed by atoms with Crippen molar-refractivity contribution in [3.63, 3.8) is 0 Å². The van der Waals surface area contributed by atoms with Crippen LogP contribution in [0.3, 0.4) is 0 Å². The van der Waals surface area contributed by atoms with E-state index in [0.717, 1.165) is 25.9 Å². The minimum absolute atomic E-state index is 0.195. The van der Waals surface area contributed by atoms with E-state index in [1.165, 1.54) is 6.26 Å². The van der Waals surface area contributed by atoms with Crippen LogP contribution in [0.1, 0.15) is 40.5 Å². The van der Waals surface area contributed by atoms with Gasteiger partial charge in [0, 0.05) is 18.6 Å². The molecule has 3 nitrogen and oxygen atoms in total. The lowest BCUT2D eigenvalue weighted by molar-refractivity contribution is 0.191. The van der Waals surface area contributed by atoms with Crippen LogP contribution >= 0.6 is 0 Å². The summed E-state index contributed by atoms with van der Waals surface area (Å²) in [5, 5.41) is 3.37. The highest BCUT2D eigenvalue weighted by Crippen LogP contribution is 2.31. The molecule has 98 valence electrons. The van der Waals surface area contributed by atoms with Gasteiger partial charge in [-0.3, -0.25) is 0 Å². The van der Waals surface area contributed by atoms with Gasteiger partial charge in [-0.2, -0.15) is 0 Å². The normalized spacial score (nSPS) is 16.4. The predicted octanol–water partition coefficient (Wildman–Crippen LogP) is 2.08. The largest absolute Gasteiger partial charge is 0.316 e. The number of nitrogens with one attached hydrogen (secondary N) is 1. The van der Waals surface area contributed by atoms with Crippen molar-refractivity contribution in [2.45, 2.75) is 40.5 Å². The first kappa shape index (κ1) is 15.9. The minimum Gasteiger partial charge on any atom is -0.316 e. The third-order valence-corrected chi connectivity index (χ3v) is 4.47. The second-order valence-corrected chi connectivity index (χ2v) is 7.58. The van der Waals surface area contributed by atoms with Crippen LogP contribution in [-0.2, 0) is 9.84 Å². The highest BCUT2D eigenvalue weighted by atomic mass is 32.2. The van der Waals surface area contributed by atoms with E-state index < -0.39 is 9.84 Å². The molecule has 0 aliphatic rings. The van der Waals surface area contributed by atoms with Crippen molar-refractivity contribution in [1.82, 2.24) is 5.32 Å². The summed E-state index contributed by atoms with van der Waals surface area (Å²) in [5.74, 6) is 0.868. The lowest BCUT2D eigenvalue weighted by Gasteiger charge is -2.34. The predicted molar refractivity (Wildman–Crippen MR) is 70.4 cm³/mol. The highest BCUT2D eigenvalue weighted by Gasteiger charge is 2.27. The third kappa shape index (κ3) is 6.48. The topological polar surface area (TPSA) is 46.2 Å². The fourth-order valence-electron chi connectivity index (χ4n) is 1.73. The fourth-order valence-corrected chi connectivity index (χ4v) is 2.40. The smallest absolute Gasteiger partial charge is 0.147 e. The van der Waals surface area contributed by atoms with E-state index in [4.69, 9.17) is 0 Å². The Morgan fingerprint density at radius 3 is 2.25 bits per heavy atom. The van der Waals surface area contributed by atoms with Crippen LogP contribution < -0.4 is 5.32 Å². The average molecular weight is 249 g/mol. The molecule has 1 unspecified atom stereocenters. The van der Waals surface area contributed by atoms with Crippen molar-refractivity contribution in [2.24, 2.45) is 11.3 Å². The van der Waals surface area contributed by atoms with E-state index in [-0.39, 0.29) is 5.41 Å². The molecule has 1 N–H and O–H groups in total. The Balaban J connectivity index is 4.23. The van der Waals surface area contributed by atoms with Gasteiger partial charge in [0.25, 0.3) is 0 Å². The molecule has 0 aliphatic carbocycles. The SMILES string of the molecule is CCNCC(C)(CCCS(C)(=O)=O)C(C)C. The van der Waals surface area contributed by atoms with Crippen LogP contribution in [-0.4, -0.2) is 33.5 Å². The van der Waals surface area contributed by atoms with Gasteiger partial charge in [0.1, 0.15) is 9.84 Å². The number of hydrogen-bond donors (Lipinski definition) is 1. The molecule has 0 fully saturated rings. The molecule has 0 bridgehead atoms. The van der Waals surface area contributed by atoms with E-state index in [9.17, 15) is 8.42 Å². The first-order valence-corrected chi connectivity index (χ1v) is 8.16. The molecule has 1 atom stereocenters. The fraction of sp³-hybridized carbons (Fsp3) is 1.00. The Morgan fingerprint density at radius 1 is 1.31 bits per heavy atom. The maximum atomic E-state index is 11.1. The summed E-state index contributed by atoms with van der Waals surface area (Å²) in [7, 11) is -2.81. The molecule has 0 aliphatic heterocycles. The third-order valence-electron chi connectivity index (χ3n) is 3.44. The first-order chi connectivity index (χ1) is 7.21. The molecule has 4 heteroatoms. The van der Waals surface area contributed by atoms with Gasteiger partial charge >= 0.3 is 0 Å². The van der Waals surface area contributed by atoms with Crippen molar-refractivity contribution in [1.29, 1.82) is 0 Å². The van der Waals surface area contributed by atoms with Crippen molar-refractivity contribution in [3.8, 4) is 0 Å². The van der Waals surface area contributed by atoms with Crippen molar-refractivity contribution >= 4 is 9.84 Å². The molecule has 0 radical (unpaired) electrons. The van der Waals surface area contributed by atoms with Gasteiger partial charge in [-0.25, -0.2) is 8.42 Å². The van der Waals surface area contributed by atoms with E-state index in [0.29, 0.717) is 11.7 Å². The van der Waals surface area contributed by atoms with Crippen LogP contribution in [0.5, 0.6) is 0 Å². The van der Waals surface area contributed by atoms with Crippen molar-refractivity contribution in [2.75, 3.05) is 25.1 Å². The van der Waals surface area contributed by atoms with Crippen LogP contribution in [0, 0.1) is 11.3 Å². The average Bonchev–Trinajstić information content (AvgIpc) is 2.12. The molecule has 0 spiro atoms. The van der Waals surface area contributed by atoms with E-state index in [1.54, 1.807) is 0 Å². The standard InChI is InChI=1S/C12H27NO2S/c1-6-13-10-12(4,11(2)3)8-7-9-16(5,14)15/h11,13H,6-10H2,1-5H3. The van der Waals surface area contributed by atoms with Crippen molar-refractivity contribution < 1.29 is 8.42 Å². The minimum atomic E-state index is -2.81. The molecule has 0 saturated carbocycles. The quantitative estimate of drug-likeness (QED) is 0.716. The van der Waals surface area contributed by atoms with Crippen LogP contribution in [0.15, 0.2) is 0 Å². The Kier molecular flexibility index (Phi) is 6.56. The van der Waals surface area contributed by atoms with Gasteiger partial charge in [-0.15, -0.1) is 0 Å². The van der Waals surface area contributed by atoms with Gasteiger partial charge in [0.2, 0.25) is 0 Å². The summed E-state index contributed by atoms with van der Waals surface area (Å²) in [5.41, 5.74) is 0.195. The van der Waals surface area contributed by atoms with E-state index >= 15 is 0 Å². The van der Waals surface area contributed by atoms with Gasteiger partial charge in [-0.1, -0.05) is 27.7 Å². The van der Waals surface area contributed by atoms with Gasteiger partial charge < -0.3 is 5.32 Å². The Morgan fingerprint density at radius 2 is 1.88 bits per heavy atom. The molecule has 16 heavy (non-hydrogen) atoms. The van der Waals surface area contributed by atoms with E-state index in [1.807, 2.05) is 0 Å². The number of hydrogen-bond acceptors (Lipinski definition) is 3. The zero-order valence-electron chi connectivity index (χ0n) is 11.3. The Labute approximate surface area is 101 Å². The van der Waals surface area contributed by atoms with Crippen LogP contribution in [0.25, 0.3) is 0 Å². The molecule has 0 aromatic carbocycles. The molecular weight excluding hydrogens is 222 g/mol. The lowest BCUT2D eigenvalue weighted by Crippen LogP contribution is -2.36. The molecule has 0 saturated heterocycles. The zero-order chi connectivity index (χ0) is 12.8. The summed E-state index contributed by atoms with van der Waals surface area (Å²) >= 11 is 0. The second kappa shape index (κ2) is 6.60. The van der Waals surface area contributed by atoms with E-state index in [2.05, 4.69) is 33.0 Å². The summed E-state index contributed by atoms with van der Waals surface area (Å²) in [6, 6.07) is 0. The Hall–Kier alpha value is -0.0900. The maximum Gasteiger partial charge on any atom is 0.147 e. The molecule has 0 heterocycles. The first-order valence-electron chi connectivity index (χ1n) is 6.09. The van der Waals surface area contributed by atoms with Gasteiger partial charge in [-0.05, 0) is 30.7 Å². The molecule has 0 amide bonds. The maximum absolute atomic E-state index is 11.1. The summed E-state index contributed by atoms with van der Waals surface area (Å²) in [6.45, 7) is 10.7. The Bertz CT molecular complexity index is 285. The zero-order valence-corrected chi connectivity index (χ0v) is 12.2. The molecule has 0 aromatic heterocycles. The molecular formula is C12H27NO2S. The van der Waals surface area contributed by atoms with Gasteiger partial charge in [0.05, 0.1) is 0 Å². The highest BCUT2D eigenvalue weighted by molar-refractivity contribution is 7.90. The van der Waals surface area contributed by atoms with Crippen LogP contribution in [0.2, 0.25) is 0 Å². The summed E-state index contributed by atoms with van der Waals surface area (Å²) in [4.78, 5) is 0. The number of rotatable bonds is 8. The second-order valence-electron chi connectivity index (χ2n) is 5.32. The van der Waals surface area contributed by atoms with Crippen LogP contribution in [0.4, 0.5) is 0 Å². The monoisotopic (exact) mass is 249 g/mol. The lowest BCUT2D eigenvalue weighted by atomic mass is 9.75. The molecule has 0 rings (SSSR count). The van der Waals surface area contributed by atoms with Crippen molar-refractivity contribution in [3.05, 3.63) is 0 Å². The molecule has 0 aromatic rings. The van der Waals surface area contributed by atoms with Gasteiger partial charge in [0.15, 0.2) is 0 Å². The summed E-state index contributed by atoms with van der Waals surface area (Å²) in [6.07, 6.45) is 3.04. The summed E-state index contributed by atoms with van der Waals surface area (Å²) < 4.78 is 22.2. The number of sulfone groups is 1.